The standard InChI is InChI=1S/C10H15N7/c1-4-16(5-2)7-11-10-8(3)6-9-12-14-15-17(9)13-10/h6-7H,4-5H2,1-3H3. The number of fused-ring (bicyclic) bond motifs is 1. The summed E-state index contributed by atoms with van der Waals surface area (Å²) in [5.74, 6) is 0.636. The summed E-state index contributed by atoms with van der Waals surface area (Å²) >= 11 is 0. The molecule has 0 aromatic carbocycles. The number of aliphatic imine (C=N–C) groups is 1. The van der Waals surface area contributed by atoms with Gasteiger partial charge in [-0.25, -0.2) is 4.99 Å². The van der Waals surface area contributed by atoms with Crippen LogP contribution in [0.2, 0.25) is 0 Å². The Hall–Kier alpha value is -2.05. The monoisotopic (exact) mass is 233 g/mol. The van der Waals surface area contributed by atoms with Gasteiger partial charge in [-0.05, 0) is 42.8 Å². The van der Waals surface area contributed by atoms with Crippen molar-refractivity contribution in [3.8, 4) is 0 Å². The van der Waals surface area contributed by atoms with E-state index < -0.39 is 0 Å². The van der Waals surface area contributed by atoms with Gasteiger partial charge in [-0.15, -0.1) is 14.8 Å². The number of aryl methyl sites for hydroxylation is 1. The smallest absolute Gasteiger partial charge is 0.200 e. The molecule has 0 aliphatic rings. The van der Waals surface area contributed by atoms with Crippen molar-refractivity contribution in [1.29, 1.82) is 0 Å². The molecule has 0 bridgehead atoms. The maximum absolute atomic E-state index is 4.35. The van der Waals surface area contributed by atoms with E-state index in [4.69, 9.17) is 0 Å². The van der Waals surface area contributed by atoms with E-state index >= 15 is 0 Å². The molecule has 2 rings (SSSR count). The van der Waals surface area contributed by atoms with Gasteiger partial charge in [-0.1, -0.05) is 0 Å². The lowest BCUT2D eigenvalue weighted by atomic mass is 10.3. The summed E-state index contributed by atoms with van der Waals surface area (Å²) in [6.45, 7) is 7.95. The second kappa shape index (κ2) is 4.86. The Kier molecular flexibility index (Phi) is 3.27. The molecule has 0 aliphatic carbocycles. The quantitative estimate of drug-likeness (QED) is 0.577. The fourth-order valence-corrected chi connectivity index (χ4v) is 1.43. The molecule has 2 aromatic rings. The third kappa shape index (κ3) is 2.38. The van der Waals surface area contributed by atoms with Crippen molar-refractivity contribution in [2.24, 2.45) is 4.99 Å². The van der Waals surface area contributed by atoms with Gasteiger partial charge in [0.2, 0.25) is 0 Å². The van der Waals surface area contributed by atoms with Crippen molar-refractivity contribution >= 4 is 17.8 Å². The first kappa shape index (κ1) is 11.4. The molecule has 0 unspecified atom stereocenters. The predicted molar refractivity (Wildman–Crippen MR) is 64.4 cm³/mol. The summed E-state index contributed by atoms with van der Waals surface area (Å²) in [5.41, 5.74) is 1.58. The third-order valence-corrected chi connectivity index (χ3v) is 2.52. The van der Waals surface area contributed by atoms with E-state index in [0.717, 1.165) is 18.7 Å². The van der Waals surface area contributed by atoms with Crippen LogP contribution < -0.4 is 0 Å². The summed E-state index contributed by atoms with van der Waals surface area (Å²) < 4.78 is 1.38. The maximum atomic E-state index is 4.35. The van der Waals surface area contributed by atoms with E-state index in [1.165, 1.54) is 4.63 Å². The largest absolute Gasteiger partial charge is 0.363 e. The lowest BCUT2D eigenvalue weighted by molar-refractivity contribution is 0.479. The first-order valence-electron chi connectivity index (χ1n) is 5.58. The van der Waals surface area contributed by atoms with Crippen LogP contribution in [0.1, 0.15) is 19.4 Å². The minimum Gasteiger partial charge on any atom is -0.363 e. The zero-order chi connectivity index (χ0) is 12.3. The molecule has 2 aromatic heterocycles. The van der Waals surface area contributed by atoms with E-state index in [1.807, 2.05) is 13.0 Å². The van der Waals surface area contributed by atoms with Gasteiger partial charge in [-0.2, -0.15) is 0 Å². The Morgan fingerprint density at radius 2 is 2.18 bits per heavy atom. The first-order chi connectivity index (χ1) is 8.24. The van der Waals surface area contributed by atoms with Crippen molar-refractivity contribution in [3.63, 3.8) is 0 Å². The topological polar surface area (TPSA) is 71.6 Å². The van der Waals surface area contributed by atoms with Gasteiger partial charge in [0.15, 0.2) is 11.5 Å². The number of tetrazole rings is 1. The SMILES string of the molecule is CCN(C=Nc1nn2nnnc2cc1C)CC. The predicted octanol–water partition coefficient (Wildman–Crippen LogP) is 0.829. The minimum atomic E-state index is 0.629. The average molecular weight is 233 g/mol. The Morgan fingerprint density at radius 3 is 2.88 bits per heavy atom. The number of aromatic nitrogens is 5. The second-order valence-electron chi connectivity index (χ2n) is 3.64. The zero-order valence-corrected chi connectivity index (χ0v) is 10.2. The van der Waals surface area contributed by atoms with E-state index in [0.29, 0.717) is 11.5 Å². The molecular formula is C10H15N7. The summed E-state index contributed by atoms with van der Waals surface area (Å²) in [7, 11) is 0. The van der Waals surface area contributed by atoms with Crippen molar-refractivity contribution in [1.82, 2.24) is 30.2 Å². The molecule has 7 heteroatoms. The number of nitrogens with zero attached hydrogens (tertiary/aromatic N) is 7. The first-order valence-corrected chi connectivity index (χ1v) is 5.58. The highest BCUT2D eigenvalue weighted by atomic mass is 15.6. The summed E-state index contributed by atoms with van der Waals surface area (Å²) in [4.78, 5) is 6.44. The number of hydrogen-bond acceptors (Lipinski definition) is 5. The van der Waals surface area contributed by atoms with Crippen LogP contribution >= 0.6 is 0 Å². The molecule has 0 aliphatic heterocycles. The van der Waals surface area contributed by atoms with Crippen LogP contribution in [0, 0.1) is 6.92 Å². The lowest BCUT2D eigenvalue weighted by Crippen LogP contribution is -2.20. The molecule has 0 atom stereocenters. The molecule has 0 fully saturated rings. The Labute approximate surface area is 99.1 Å². The van der Waals surface area contributed by atoms with Crippen LogP contribution in [0.3, 0.4) is 0 Å². The van der Waals surface area contributed by atoms with Gasteiger partial charge >= 0.3 is 0 Å². The van der Waals surface area contributed by atoms with Crippen LogP contribution in [0.15, 0.2) is 11.1 Å². The van der Waals surface area contributed by atoms with E-state index in [9.17, 15) is 0 Å². The van der Waals surface area contributed by atoms with Gasteiger partial charge in [0, 0.05) is 13.1 Å². The molecule has 17 heavy (non-hydrogen) atoms. The third-order valence-electron chi connectivity index (χ3n) is 2.52. The highest BCUT2D eigenvalue weighted by molar-refractivity contribution is 5.61. The van der Waals surface area contributed by atoms with E-state index in [1.54, 1.807) is 6.34 Å². The Bertz CT molecular complexity index is 526. The highest BCUT2D eigenvalue weighted by Crippen LogP contribution is 2.14. The Morgan fingerprint density at radius 1 is 1.41 bits per heavy atom. The molecule has 90 valence electrons. The van der Waals surface area contributed by atoms with Crippen LogP contribution in [0.25, 0.3) is 5.65 Å². The van der Waals surface area contributed by atoms with Gasteiger partial charge in [0.05, 0.1) is 6.34 Å². The highest BCUT2D eigenvalue weighted by Gasteiger charge is 2.04. The molecule has 0 saturated heterocycles. The van der Waals surface area contributed by atoms with Crippen LogP contribution in [0.5, 0.6) is 0 Å². The summed E-state index contributed by atoms with van der Waals surface area (Å²) in [6.07, 6.45) is 1.80. The molecular weight excluding hydrogens is 218 g/mol. The molecule has 0 amide bonds. The van der Waals surface area contributed by atoms with E-state index in [-0.39, 0.29) is 0 Å². The maximum Gasteiger partial charge on any atom is 0.200 e. The van der Waals surface area contributed by atoms with Crippen LogP contribution in [0.4, 0.5) is 5.82 Å². The molecule has 0 spiro atoms. The zero-order valence-electron chi connectivity index (χ0n) is 10.2. The fourth-order valence-electron chi connectivity index (χ4n) is 1.43. The fraction of sp³-hybridized carbons (Fsp3) is 0.500. The van der Waals surface area contributed by atoms with E-state index in [2.05, 4.69) is 44.4 Å². The summed E-state index contributed by atoms with van der Waals surface area (Å²) in [6, 6.07) is 1.86. The molecule has 0 radical (unpaired) electrons. The molecule has 0 N–H and O–H groups in total. The summed E-state index contributed by atoms with van der Waals surface area (Å²) in [5, 5.41) is 15.4. The van der Waals surface area contributed by atoms with Gasteiger partial charge in [-0.3, -0.25) is 0 Å². The Balaban J connectivity index is 2.31. The average Bonchev–Trinajstić information content (AvgIpc) is 2.77. The van der Waals surface area contributed by atoms with Crippen molar-refractivity contribution in [3.05, 3.63) is 11.6 Å². The molecule has 0 saturated carbocycles. The lowest BCUT2D eigenvalue weighted by Gasteiger charge is -2.13. The van der Waals surface area contributed by atoms with Crippen molar-refractivity contribution in [2.45, 2.75) is 20.8 Å². The van der Waals surface area contributed by atoms with Gasteiger partial charge in [0.1, 0.15) is 0 Å². The number of rotatable bonds is 4. The van der Waals surface area contributed by atoms with Crippen molar-refractivity contribution < 1.29 is 0 Å². The van der Waals surface area contributed by atoms with Crippen LogP contribution in [-0.2, 0) is 0 Å². The van der Waals surface area contributed by atoms with Gasteiger partial charge < -0.3 is 4.90 Å². The molecule has 7 nitrogen and oxygen atoms in total. The number of hydrogen-bond donors (Lipinski definition) is 0. The van der Waals surface area contributed by atoms with Crippen LogP contribution in [-0.4, -0.2) is 49.6 Å². The normalized spacial score (nSPS) is 11.5. The van der Waals surface area contributed by atoms with Gasteiger partial charge in [0.25, 0.3) is 0 Å². The minimum absolute atomic E-state index is 0.629. The molecule has 2 heterocycles. The van der Waals surface area contributed by atoms with Crippen molar-refractivity contribution in [2.75, 3.05) is 13.1 Å². The second-order valence-corrected chi connectivity index (χ2v) is 3.64.